The Kier molecular flexibility index (Phi) is 2.82. The third-order valence-electron chi connectivity index (χ3n) is 3.73. The molecule has 1 saturated carbocycles. The molecule has 1 aromatic heterocycles. The third-order valence-corrected chi connectivity index (χ3v) is 3.73. The van der Waals surface area contributed by atoms with Crippen LogP contribution in [0.1, 0.15) is 36.5 Å². The van der Waals surface area contributed by atoms with Crippen LogP contribution in [0.4, 0.5) is 0 Å². The molecule has 1 aliphatic carbocycles. The van der Waals surface area contributed by atoms with Crippen LogP contribution in [0.2, 0.25) is 0 Å². The van der Waals surface area contributed by atoms with Crippen LogP contribution in [0.3, 0.4) is 0 Å². The number of hydrogen-bond donors (Lipinski definition) is 2. The van der Waals surface area contributed by atoms with Gasteiger partial charge in [0.2, 0.25) is 0 Å². The van der Waals surface area contributed by atoms with Gasteiger partial charge in [-0.2, -0.15) is 0 Å². The molecule has 1 fully saturated rings. The van der Waals surface area contributed by atoms with Crippen LogP contribution in [0.5, 0.6) is 0 Å². The van der Waals surface area contributed by atoms with Crippen molar-refractivity contribution in [3.8, 4) is 0 Å². The molecule has 0 bridgehead atoms. The van der Waals surface area contributed by atoms with Crippen molar-refractivity contribution in [2.75, 3.05) is 0 Å². The Balaban J connectivity index is 1.73. The second-order valence-corrected chi connectivity index (χ2v) is 5.11. The molecule has 0 saturated heterocycles. The van der Waals surface area contributed by atoms with E-state index in [9.17, 15) is 4.79 Å². The molecule has 0 aliphatic heterocycles. The minimum atomic E-state index is 0.0519. The average Bonchev–Trinajstić information content (AvgIpc) is 2.95. The van der Waals surface area contributed by atoms with Crippen molar-refractivity contribution in [3.05, 3.63) is 36.0 Å². The standard InChI is InChI=1S/C15H18N2O/c1-2-5-10-8-14(10)17-15(18)12-9-16-13-7-4-3-6-11(12)13/h3-4,6-7,9-10,14,16H,2,5,8H2,1H3,(H,17,18). The van der Waals surface area contributed by atoms with Gasteiger partial charge in [-0.1, -0.05) is 31.5 Å². The van der Waals surface area contributed by atoms with Gasteiger partial charge in [-0.3, -0.25) is 4.79 Å². The smallest absolute Gasteiger partial charge is 0.253 e. The van der Waals surface area contributed by atoms with Gasteiger partial charge in [-0.15, -0.1) is 0 Å². The lowest BCUT2D eigenvalue weighted by Crippen LogP contribution is -2.26. The summed E-state index contributed by atoms with van der Waals surface area (Å²) in [5, 5.41) is 4.13. The summed E-state index contributed by atoms with van der Waals surface area (Å²) in [7, 11) is 0. The first kappa shape index (κ1) is 11.3. The minimum absolute atomic E-state index is 0.0519. The second kappa shape index (κ2) is 4.48. The molecule has 3 rings (SSSR count). The SMILES string of the molecule is CCCC1CC1NC(=O)c1c[nH]c2ccccc12. The van der Waals surface area contributed by atoms with Crippen molar-refractivity contribution in [3.63, 3.8) is 0 Å². The van der Waals surface area contributed by atoms with Crippen molar-refractivity contribution in [1.82, 2.24) is 10.3 Å². The number of nitrogens with one attached hydrogen (secondary N) is 2. The lowest BCUT2D eigenvalue weighted by molar-refractivity contribution is 0.0950. The lowest BCUT2D eigenvalue weighted by Gasteiger charge is -2.03. The number of aromatic amines is 1. The van der Waals surface area contributed by atoms with Crippen molar-refractivity contribution in [2.24, 2.45) is 5.92 Å². The Morgan fingerprint density at radius 2 is 2.28 bits per heavy atom. The number of benzene rings is 1. The molecule has 2 atom stereocenters. The summed E-state index contributed by atoms with van der Waals surface area (Å²) in [4.78, 5) is 15.3. The molecular weight excluding hydrogens is 224 g/mol. The molecule has 0 spiro atoms. The van der Waals surface area contributed by atoms with E-state index < -0.39 is 0 Å². The van der Waals surface area contributed by atoms with E-state index in [1.54, 1.807) is 6.20 Å². The van der Waals surface area contributed by atoms with E-state index in [4.69, 9.17) is 0 Å². The van der Waals surface area contributed by atoms with E-state index in [1.807, 2.05) is 24.3 Å². The van der Waals surface area contributed by atoms with Crippen LogP contribution in [0.15, 0.2) is 30.5 Å². The Hall–Kier alpha value is -1.77. The molecule has 2 aromatic rings. The molecule has 18 heavy (non-hydrogen) atoms. The number of fused-ring (bicyclic) bond motifs is 1. The molecule has 2 N–H and O–H groups in total. The topological polar surface area (TPSA) is 44.9 Å². The first-order chi connectivity index (χ1) is 8.79. The molecule has 3 heteroatoms. The maximum atomic E-state index is 12.2. The fraction of sp³-hybridized carbons (Fsp3) is 0.400. The summed E-state index contributed by atoms with van der Waals surface area (Å²) in [6.07, 6.45) is 5.36. The fourth-order valence-electron chi connectivity index (χ4n) is 2.62. The van der Waals surface area contributed by atoms with Crippen LogP contribution in [-0.2, 0) is 0 Å². The Labute approximate surface area is 107 Å². The van der Waals surface area contributed by atoms with Crippen LogP contribution in [-0.4, -0.2) is 16.9 Å². The summed E-state index contributed by atoms with van der Waals surface area (Å²) in [6, 6.07) is 8.30. The van der Waals surface area contributed by atoms with Crippen molar-refractivity contribution in [2.45, 2.75) is 32.2 Å². The number of H-pyrrole nitrogens is 1. The molecule has 94 valence electrons. The monoisotopic (exact) mass is 242 g/mol. The fourth-order valence-corrected chi connectivity index (χ4v) is 2.62. The summed E-state index contributed by atoms with van der Waals surface area (Å²) < 4.78 is 0. The zero-order chi connectivity index (χ0) is 12.5. The quantitative estimate of drug-likeness (QED) is 0.850. The van der Waals surface area contributed by atoms with Gasteiger partial charge >= 0.3 is 0 Å². The number of para-hydroxylation sites is 1. The number of carbonyl (C=O) groups excluding carboxylic acids is 1. The van der Waals surface area contributed by atoms with Gasteiger partial charge in [0.1, 0.15) is 0 Å². The lowest BCUT2D eigenvalue weighted by atomic mass is 10.1. The third kappa shape index (κ3) is 2.01. The minimum Gasteiger partial charge on any atom is -0.360 e. The zero-order valence-electron chi connectivity index (χ0n) is 10.6. The summed E-state index contributed by atoms with van der Waals surface area (Å²) in [5.74, 6) is 0.750. The van der Waals surface area contributed by atoms with Gasteiger partial charge < -0.3 is 10.3 Å². The number of amides is 1. The van der Waals surface area contributed by atoms with Gasteiger partial charge in [0.15, 0.2) is 0 Å². The summed E-state index contributed by atoms with van der Waals surface area (Å²) >= 11 is 0. The average molecular weight is 242 g/mol. The normalized spacial score (nSPS) is 22.1. The number of rotatable bonds is 4. The van der Waals surface area contributed by atoms with Gasteiger partial charge in [0, 0.05) is 23.1 Å². The van der Waals surface area contributed by atoms with Crippen molar-refractivity contribution < 1.29 is 4.79 Å². The number of hydrogen-bond acceptors (Lipinski definition) is 1. The molecule has 0 radical (unpaired) electrons. The predicted octanol–water partition coefficient (Wildman–Crippen LogP) is 3.09. The van der Waals surface area contributed by atoms with Gasteiger partial charge in [-0.25, -0.2) is 0 Å². The highest BCUT2D eigenvalue weighted by molar-refractivity contribution is 6.06. The van der Waals surface area contributed by atoms with Crippen molar-refractivity contribution in [1.29, 1.82) is 0 Å². The van der Waals surface area contributed by atoms with E-state index in [-0.39, 0.29) is 5.91 Å². The van der Waals surface area contributed by atoms with Gasteiger partial charge in [-0.05, 0) is 24.8 Å². The van der Waals surface area contributed by atoms with Crippen molar-refractivity contribution >= 4 is 16.8 Å². The van der Waals surface area contributed by atoms with Gasteiger partial charge in [0.05, 0.1) is 5.56 Å². The predicted molar refractivity (Wildman–Crippen MR) is 72.6 cm³/mol. The first-order valence-corrected chi connectivity index (χ1v) is 6.66. The Morgan fingerprint density at radius 1 is 1.44 bits per heavy atom. The molecule has 2 unspecified atom stereocenters. The summed E-state index contributed by atoms with van der Waals surface area (Å²) in [5.41, 5.74) is 1.77. The van der Waals surface area contributed by atoms with E-state index in [0.717, 1.165) is 22.9 Å². The van der Waals surface area contributed by atoms with Gasteiger partial charge in [0.25, 0.3) is 5.91 Å². The maximum Gasteiger partial charge on any atom is 0.253 e. The van der Waals surface area contributed by atoms with Crippen LogP contribution >= 0.6 is 0 Å². The largest absolute Gasteiger partial charge is 0.360 e. The molecule has 1 aromatic carbocycles. The van der Waals surface area contributed by atoms with Crippen LogP contribution in [0.25, 0.3) is 10.9 Å². The molecule has 1 amide bonds. The molecule has 3 nitrogen and oxygen atoms in total. The zero-order valence-corrected chi connectivity index (χ0v) is 10.6. The highest BCUT2D eigenvalue weighted by Gasteiger charge is 2.37. The van der Waals surface area contributed by atoms with E-state index >= 15 is 0 Å². The maximum absolute atomic E-state index is 12.2. The van der Waals surface area contributed by atoms with Crippen LogP contribution in [0, 0.1) is 5.92 Å². The second-order valence-electron chi connectivity index (χ2n) is 5.11. The Bertz CT molecular complexity index is 573. The highest BCUT2D eigenvalue weighted by atomic mass is 16.1. The van der Waals surface area contributed by atoms with E-state index in [2.05, 4.69) is 17.2 Å². The summed E-state index contributed by atoms with van der Waals surface area (Å²) in [6.45, 7) is 2.19. The van der Waals surface area contributed by atoms with E-state index in [0.29, 0.717) is 12.0 Å². The number of aromatic nitrogens is 1. The van der Waals surface area contributed by atoms with Crippen LogP contribution < -0.4 is 5.32 Å². The first-order valence-electron chi connectivity index (χ1n) is 6.66. The molecule has 1 heterocycles. The Morgan fingerprint density at radius 3 is 3.11 bits per heavy atom. The highest BCUT2D eigenvalue weighted by Crippen LogP contribution is 2.34. The molecule has 1 aliphatic rings. The number of carbonyl (C=O) groups is 1. The van der Waals surface area contributed by atoms with E-state index in [1.165, 1.54) is 12.8 Å². The molecular formula is C15H18N2O.